The lowest BCUT2D eigenvalue weighted by atomic mass is 9.80. The zero-order chi connectivity index (χ0) is 25.4. The van der Waals surface area contributed by atoms with Crippen LogP contribution in [-0.2, 0) is 42.8 Å². The molecule has 0 spiro atoms. The zero-order valence-corrected chi connectivity index (χ0v) is 19.2. The number of esters is 3. The minimum atomic E-state index is -1.73. The third kappa shape index (κ3) is 4.90. The van der Waals surface area contributed by atoms with Crippen LogP contribution in [0.3, 0.4) is 0 Å². The lowest BCUT2D eigenvalue weighted by Gasteiger charge is -2.44. The minimum Gasteiger partial charge on any atom is -0.471 e. The van der Waals surface area contributed by atoms with E-state index in [-0.39, 0.29) is 12.0 Å². The van der Waals surface area contributed by atoms with Crippen LogP contribution >= 0.6 is 0 Å². The molecule has 3 rings (SSSR count). The number of rotatable bonds is 6. The quantitative estimate of drug-likeness (QED) is 0.239. The summed E-state index contributed by atoms with van der Waals surface area (Å²) in [4.78, 5) is 36.2. The Hall–Kier alpha value is -2.29. The van der Waals surface area contributed by atoms with Gasteiger partial charge in [0.05, 0.1) is 31.5 Å². The van der Waals surface area contributed by atoms with Gasteiger partial charge in [-0.3, -0.25) is 9.59 Å². The van der Waals surface area contributed by atoms with Gasteiger partial charge in [-0.2, -0.15) is 0 Å². The van der Waals surface area contributed by atoms with E-state index in [4.69, 9.17) is 28.4 Å². The van der Waals surface area contributed by atoms with E-state index in [2.05, 4.69) is 0 Å². The molecule has 0 aromatic carbocycles. The molecule has 0 unspecified atom stereocenters. The molecule has 192 valence electrons. The Kier molecular flexibility index (Phi) is 7.85. The summed E-state index contributed by atoms with van der Waals surface area (Å²) in [6.07, 6.45) is -9.01. The van der Waals surface area contributed by atoms with E-state index >= 15 is 0 Å². The van der Waals surface area contributed by atoms with Crippen molar-refractivity contribution in [2.45, 2.75) is 75.9 Å². The molecule has 1 saturated carbocycles. The van der Waals surface area contributed by atoms with E-state index < -0.39 is 85.1 Å². The first-order valence-corrected chi connectivity index (χ1v) is 10.7. The minimum absolute atomic E-state index is 0.00622. The van der Waals surface area contributed by atoms with Crippen LogP contribution in [0.1, 0.15) is 27.2 Å². The van der Waals surface area contributed by atoms with Gasteiger partial charge in [-0.15, -0.1) is 0 Å². The van der Waals surface area contributed by atoms with Crippen LogP contribution in [0.15, 0.2) is 11.8 Å². The average molecular weight is 490 g/mol. The summed E-state index contributed by atoms with van der Waals surface area (Å²) in [5.74, 6) is -3.87. The third-order valence-corrected chi connectivity index (χ3v) is 6.31. The fourth-order valence-corrected chi connectivity index (χ4v) is 4.93. The maximum absolute atomic E-state index is 12.5. The molecule has 13 nitrogen and oxygen atoms in total. The maximum atomic E-state index is 12.5. The summed E-state index contributed by atoms with van der Waals surface area (Å²) in [7, 11) is 1.16. The average Bonchev–Trinajstić information content (AvgIpc) is 3.04. The predicted molar refractivity (Wildman–Crippen MR) is 107 cm³/mol. The van der Waals surface area contributed by atoms with Crippen LogP contribution in [0, 0.1) is 11.8 Å². The number of aliphatic hydroxyl groups excluding tert-OH is 4. The van der Waals surface area contributed by atoms with Gasteiger partial charge in [-0.05, 0) is 6.92 Å². The largest absolute Gasteiger partial charge is 0.471 e. The van der Waals surface area contributed by atoms with Crippen molar-refractivity contribution in [1.82, 2.24) is 0 Å². The Morgan fingerprint density at radius 2 is 1.76 bits per heavy atom. The number of ether oxygens (including phenoxy) is 6. The van der Waals surface area contributed by atoms with E-state index in [1.54, 1.807) is 6.92 Å². The molecule has 2 heterocycles. The van der Waals surface area contributed by atoms with Gasteiger partial charge in [-0.1, -0.05) is 0 Å². The maximum Gasteiger partial charge on any atom is 0.337 e. The molecule has 1 saturated heterocycles. The fourth-order valence-electron chi connectivity index (χ4n) is 4.93. The number of aliphatic hydroxyl groups is 4. The van der Waals surface area contributed by atoms with Crippen LogP contribution in [-0.4, -0.2) is 101 Å². The van der Waals surface area contributed by atoms with Gasteiger partial charge >= 0.3 is 17.9 Å². The predicted octanol–water partition coefficient (Wildman–Crippen LogP) is -1.89. The van der Waals surface area contributed by atoms with Crippen molar-refractivity contribution in [3.63, 3.8) is 0 Å². The van der Waals surface area contributed by atoms with Gasteiger partial charge in [0.2, 0.25) is 6.29 Å². The molecular formula is C21H30O13. The number of methoxy groups -OCH3 is 1. The van der Waals surface area contributed by atoms with E-state index in [1.807, 2.05) is 0 Å². The van der Waals surface area contributed by atoms with Crippen LogP contribution in [0.5, 0.6) is 0 Å². The smallest absolute Gasteiger partial charge is 0.337 e. The highest BCUT2D eigenvalue weighted by molar-refractivity contribution is 5.89. The highest BCUT2D eigenvalue weighted by atomic mass is 16.8. The fraction of sp³-hybridized carbons (Fsp3) is 0.762. The van der Waals surface area contributed by atoms with Crippen LogP contribution < -0.4 is 0 Å². The van der Waals surface area contributed by atoms with Gasteiger partial charge in [0.15, 0.2) is 6.29 Å². The van der Waals surface area contributed by atoms with E-state index in [0.717, 1.165) is 13.4 Å². The number of hydrogen-bond acceptors (Lipinski definition) is 13. The standard InChI is InChI=1S/C21H30O13/c1-8(23)31-11-5-21(3,34-9(2)24)14-13(11)10(18(28)29-4)7-30-19(14)33-20-17(27)16(26)15(25)12(6-22)32-20/h7,11-17,19-20,22,25-27H,5-6H2,1-4H3/t11-,12-,13+,14-,15-,16+,17-,19+,20+,21+/m1/s1. The summed E-state index contributed by atoms with van der Waals surface area (Å²) in [5.41, 5.74) is -1.34. The summed E-state index contributed by atoms with van der Waals surface area (Å²) >= 11 is 0. The third-order valence-electron chi connectivity index (χ3n) is 6.31. The van der Waals surface area contributed by atoms with E-state index in [9.17, 15) is 34.8 Å². The molecule has 0 aromatic heterocycles. The molecular weight excluding hydrogens is 460 g/mol. The number of carbonyl (C=O) groups is 3. The Morgan fingerprint density at radius 3 is 2.32 bits per heavy atom. The molecule has 4 N–H and O–H groups in total. The summed E-state index contributed by atoms with van der Waals surface area (Å²) < 4.78 is 32.6. The van der Waals surface area contributed by atoms with Crippen molar-refractivity contribution in [2.24, 2.45) is 11.8 Å². The lowest BCUT2D eigenvalue weighted by molar-refractivity contribution is -0.346. The first-order chi connectivity index (χ1) is 15.9. The second-order valence-corrected chi connectivity index (χ2v) is 8.71. The topological polar surface area (TPSA) is 188 Å². The van der Waals surface area contributed by atoms with Crippen LogP contribution in [0.25, 0.3) is 0 Å². The number of hydrogen-bond donors (Lipinski definition) is 4. The number of fused-ring (bicyclic) bond motifs is 1. The molecule has 13 heteroatoms. The van der Waals surface area contributed by atoms with Crippen LogP contribution in [0.2, 0.25) is 0 Å². The molecule has 2 fully saturated rings. The summed E-state index contributed by atoms with van der Waals surface area (Å²) in [5, 5.41) is 39.9. The van der Waals surface area contributed by atoms with Crippen molar-refractivity contribution in [3.05, 3.63) is 11.8 Å². The van der Waals surface area contributed by atoms with Gasteiger partial charge in [0, 0.05) is 26.2 Å². The Bertz CT molecular complexity index is 825. The van der Waals surface area contributed by atoms with Crippen molar-refractivity contribution < 1.29 is 63.2 Å². The highest BCUT2D eigenvalue weighted by Crippen LogP contribution is 2.52. The van der Waals surface area contributed by atoms with Crippen molar-refractivity contribution in [3.8, 4) is 0 Å². The summed E-state index contributed by atoms with van der Waals surface area (Å²) in [6.45, 7) is 3.27. The first kappa shape index (κ1) is 26.3. The van der Waals surface area contributed by atoms with Gasteiger partial charge in [0.25, 0.3) is 0 Å². The van der Waals surface area contributed by atoms with Crippen LogP contribution in [0.4, 0.5) is 0 Å². The molecule has 3 aliphatic rings. The van der Waals surface area contributed by atoms with Crippen molar-refractivity contribution >= 4 is 17.9 Å². The van der Waals surface area contributed by atoms with Gasteiger partial charge in [-0.25, -0.2) is 4.79 Å². The second kappa shape index (κ2) is 10.1. The zero-order valence-electron chi connectivity index (χ0n) is 19.2. The summed E-state index contributed by atoms with van der Waals surface area (Å²) in [6, 6.07) is 0. The molecule has 2 aliphatic heterocycles. The molecule has 1 aliphatic carbocycles. The number of carbonyl (C=O) groups excluding carboxylic acids is 3. The SMILES string of the molecule is COC(=O)C1=CO[C@@H](O[C@@H]2O[C@H](CO)[C@@H](O)[C@H](O)[C@H]2O)[C@H]2[C@@H]1[C@H](OC(C)=O)C[C@]2(C)OC(C)=O. The van der Waals surface area contributed by atoms with Crippen molar-refractivity contribution in [1.29, 1.82) is 0 Å². The monoisotopic (exact) mass is 490 g/mol. The molecule has 0 radical (unpaired) electrons. The van der Waals surface area contributed by atoms with E-state index in [0.29, 0.717) is 0 Å². The Balaban J connectivity index is 1.99. The van der Waals surface area contributed by atoms with Gasteiger partial charge < -0.3 is 48.8 Å². The molecule has 0 bridgehead atoms. The van der Waals surface area contributed by atoms with Gasteiger partial charge in [0.1, 0.15) is 36.1 Å². The first-order valence-electron chi connectivity index (χ1n) is 10.7. The lowest BCUT2D eigenvalue weighted by Crippen LogP contribution is -2.61. The Labute approximate surface area is 195 Å². The molecule has 34 heavy (non-hydrogen) atoms. The second-order valence-electron chi connectivity index (χ2n) is 8.71. The molecule has 10 atom stereocenters. The van der Waals surface area contributed by atoms with Crippen molar-refractivity contribution in [2.75, 3.05) is 13.7 Å². The highest BCUT2D eigenvalue weighted by Gasteiger charge is 2.63. The molecule has 0 aromatic rings. The van der Waals surface area contributed by atoms with E-state index in [1.165, 1.54) is 13.8 Å². The Morgan fingerprint density at radius 1 is 1.09 bits per heavy atom. The normalized spacial score (nSPS) is 41.5. The molecule has 0 amide bonds.